The van der Waals surface area contributed by atoms with Crippen LogP contribution in [0.5, 0.6) is 0 Å². The highest BCUT2D eigenvalue weighted by Gasteiger charge is 2.29. The minimum atomic E-state index is -2.70. The van der Waals surface area contributed by atoms with Crippen molar-refractivity contribution in [3.8, 4) is 0 Å². The van der Waals surface area contributed by atoms with Crippen LogP contribution in [0.1, 0.15) is 19.8 Å². The summed E-state index contributed by atoms with van der Waals surface area (Å²) in [6.07, 6.45) is 1.91. The van der Waals surface area contributed by atoms with E-state index in [9.17, 15) is 8.42 Å². The van der Waals surface area contributed by atoms with E-state index in [0.717, 1.165) is 19.4 Å². The maximum atomic E-state index is 11.1. The molecular formula is C8H17NO2S. The van der Waals surface area contributed by atoms with Gasteiger partial charge in [0.2, 0.25) is 0 Å². The van der Waals surface area contributed by atoms with Crippen LogP contribution in [0.4, 0.5) is 0 Å². The number of hydrogen-bond donors (Lipinski definition) is 0. The van der Waals surface area contributed by atoms with Gasteiger partial charge in [-0.2, -0.15) is 0 Å². The summed E-state index contributed by atoms with van der Waals surface area (Å²) in [5.41, 5.74) is 0. The van der Waals surface area contributed by atoms with E-state index in [0.29, 0.717) is 11.5 Å². The third-order valence-corrected chi connectivity index (χ3v) is 4.16. The minimum Gasteiger partial charge on any atom is -0.302 e. The zero-order valence-corrected chi connectivity index (χ0v) is 8.60. The fraction of sp³-hybridized carbons (Fsp3) is 1.00. The molecule has 0 aromatic rings. The van der Waals surface area contributed by atoms with Gasteiger partial charge < -0.3 is 4.90 Å². The first-order valence-corrected chi connectivity index (χ1v) is 6.28. The Morgan fingerprint density at radius 1 is 1.50 bits per heavy atom. The van der Waals surface area contributed by atoms with Gasteiger partial charge in [0.25, 0.3) is 0 Å². The van der Waals surface area contributed by atoms with Crippen LogP contribution in [0, 0.1) is 0 Å². The van der Waals surface area contributed by atoms with Crippen LogP contribution >= 0.6 is 0 Å². The number of nitrogens with zero attached hydrogens (tertiary/aromatic N) is 1. The molecule has 0 N–H and O–H groups in total. The van der Waals surface area contributed by atoms with Crippen LogP contribution in [-0.4, -0.2) is 44.5 Å². The Kier molecular flexibility index (Phi) is 3.12. The molecule has 1 fully saturated rings. The molecule has 1 atom stereocenters. The largest absolute Gasteiger partial charge is 0.302 e. The molecule has 0 radical (unpaired) electrons. The summed E-state index contributed by atoms with van der Waals surface area (Å²) in [4.78, 5) is 2.16. The van der Waals surface area contributed by atoms with Crippen LogP contribution in [-0.2, 0) is 9.84 Å². The van der Waals surface area contributed by atoms with E-state index in [-0.39, 0.29) is 6.04 Å². The Hall–Kier alpha value is -0.0900. The van der Waals surface area contributed by atoms with Crippen LogP contribution in [0.3, 0.4) is 0 Å². The molecule has 1 saturated heterocycles. The number of sulfone groups is 1. The van der Waals surface area contributed by atoms with Crippen molar-refractivity contribution >= 4 is 9.84 Å². The molecule has 0 bridgehead atoms. The third-order valence-electron chi connectivity index (χ3n) is 2.41. The molecule has 1 aliphatic rings. The van der Waals surface area contributed by atoms with Crippen LogP contribution in [0.2, 0.25) is 0 Å². The molecule has 0 amide bonds. The quantitative estimate of drug-likeness (QED) is 0.652. The fourth-order valence-corrected chi connectivity index (χ4v) is 3.46. The zero-order chi connectivity index (χ0) is 9.19. The Morgan fingerprint density at radius 3 is 2.58 bits per heavy atom. The molecular weight excluding hydrogens is 174 g/mol. The second kappa shape index (κ2) is 3.75. The molecule has 1 rings (SSSR count). The monoisotopic (exact) mass is 191 g/mol. The summed E-state index contributed by atoms with van der Waals surface area (Å²) < 4.78 is 22.2. The molecule has 1 heterocycles. The first kappa shape index (κ1) is 9.99. The second-order valence-corrected chi connectivity index (χ2v) is 5.77. The summed E-state index contributed by atoms with van der Waals surface area (Å²) in [6, 6.07) is 0.273. The smallest absolute Gasteiger partial charge is 0.151 e. The van der Waals surface area contributed by atoms with Gasteiger partial charge in [0.1, 0.15) is 0 Å². The van der Waals surface area contributed by atoms with E-state index >= 15 is 0 Å². The number of rotatable bonds is 3. The van der Waals surface area contributed by atoms with Gasteiger partial charge in [-0.1, -0.05) is 6.92 Å². The van der Waals surface area contributed by atoms with Crippen LogP contribution in [0.25, 0.3) is 0 Å². The summed E-state index contributed by atoms with van der Waals surface area (Å²) >= 11 is 0. The molecule has 1 aliphatic heterocycles. The molecule has 0 aromatic heterocycles. The molecule has 1 unspecified atom stereocenters. The molecule has 4 heteroatoms. The summed E-state index contributed by atoms with van der Waals surface area (Å²) in [5.74, 6) is 0.745. The van der Waals surface area contributed by atoms with E-state index in [1.54, 1.807) is 0 Å². The van der Waals surface area contributed by atoms with Gasteiger partial charge in [0.15, 0.2) is 9.84 Å². The molecule has 0 saturated carbocycles. The lowest BCUT2D eigenvalue weighted by Crippen LogP contribution is -2.33. The summed E-state index contributed by atoms with van der Waals surface area (Å²) in [7, 11) is -0.692. The fourth-order valence-electron chi connectivity index (χ4n) is 1.66. The van der Waals surface area contributed by atoms with E-state index in [1.807, 2.05) is 7.05 Å². The molecule has 72 valence electrons. The Bertz CT molecular complexity index is 235. The molecule has 0 aliphatic carbocycles. The van der Waals surface area contributed by atoms with Gasteiger partial charge in [-0.3, -0.25) is 0 Å². The van der Waals surface area contributed by atoms with Crippen molar-refractivity contribution in [3.05, 3.63) is 0 Å². The number of hydrogen-bond acceptors (Lipinski definition) is 3. The lowest BCUT2D eigenvalue weighted by molar-refractivity contribution is 0.263. The highest BCUT2D eigenvalue weighted by molar-refractivity contribution is 7.91. The molecule has 0 aromatic carbocycles. The second-order valence-electron chi connectivity index (χ2n) is 3.54. The van der Waals surface area contributed by atoms with Gasteiger partial charge >= 0.3 is 0 Å². The van der Waals surface area contributed by atoms with E-state index in [2.05, 4.69) is 11.8 Å². The van der Waals surface area contributed by atoms with Crippen LogP contribution < -0.4 is 0 Å². The van der Waals surface area contributed by atoms with Gasteiger partial charge in [-0.25, -0.2) is 8.42 Å². The van der Waals surface area contributed by atoms with Crippen LogP contribution in [0.15, 0.2) is 0 Å². The van der Waals surface area contributed by atoms with Crippen molar-refractivity contribution in [1.29, 1.82) is 0 Å². The van der Waals surface area contributed by atoms with Crippen molar-refractivity contribution in [2.45, 2.75) is 25.8 Å². The first-order chi connectivity index (χ1) is 5.55. The predicted molar refractivity (Wildman–Crippen MR) is 50.0 cm³/mol. The van der Waals surface area contributed by atoms with Gasteiger partial charge in [-0.05, 0) is 26.4 Å². The lowest BCUT2D eigenvalue weighted by atomic mass is 10.2. The lowest BCUT2D eigenvalue weighted by Gasteiger charge is -2.21. The minimum absolute atomic E-state index is 0.273. The first-order valence-electron chi connectivity index (χ1n) is 4.46. The highest BCUT2D eigenvalue weighted by atomic mass is 32.2. The SMILES string of the molecule is CCCN(C)C1CCS(=O)(=O)C1. The topological polar surface area (TPSA) is 37.4 Å². The average Bonchev–Trinajstić information content (AvgIpc) is 2.31. The van der Waals surface area contributed by atoms with Gasteiger partial charge in [0.05, 0.1) is 11.5 Å². The normalized spacial score (nSPS) is 28.1. The van der Waals surface area contributed by atoms with Crippen molar-refractivity contribution in [1.82, 2.24) is 4.90 Å². The highest BCUT2D eigenvalue weighted by Crippen LogP contribution is 2.16. The maximum absolute atomic E-state index is 11.1. The molecule has 3 nitrogen and oxygen atoms in total. The molecule has 12 heavy (non-hydrogen) atoms. The average molecular weight is 191 g/mol. The van der Waals surface area contributed by atoms with Gasteiger partial charge in [0, 0.05) is 6.04 Å². The Labute approximate surface area is 74.7 Å². The predicted octanol–water partition coefficient (Wildman–Crippen LogP) is 0.515. The molecule has 0 spiro atoms. The van der Waals surface area contributed by atoms with Crippen molar-refractivity contribution < 1.29 is 8.42 Å². The van der Waals surface area contributed by atoms with Crippen molar-refractivity contribution in [2.75, 3.05) is 25.1 Å². The van der Waals surface area contributed by atoms with E-state index in [1.165, 1.54) is 0 Å². The summed E-state index contributed by atoms with van der Waals surface area (Å²) in [6.45, 7) is 3.11. The standard InChI is InChI=1S/C8H17NO2S/c1-3-5-9(2)8-4-6-12(10,11)7-8/h8H,3-7H2,1-2H3. The Balaban J connectivity index is 2.46. The Morgan fingerprint density at radius 2 is 2.17 bits per heavy atom. The third kappa shape index (κ3) is 2.45. The van der Waals surface area contributed by atoms with E-state index < -0.39 is 9.84 Å². The zero-order valence-electron chi connectivity index (χ0n) is 7.78. The van der Waals surface area contributed by atoms with Gasteiger partial charge in [-0.15, -0.1) is 0 Å². The summed E-state index contributed by atoms with van der Waals surface area (Å²) in [5, 5.41) is 0. The maximum Gasteiger partial charge on any atom is 0.151 e. The van der Waals surface area contributed by atoms with Crippen molar-refractivity contribution in [2.24, 2.45) is 0 Å². The van der Waals surface area contributed by atoms with Crippen molar-refractivity contribution in [3.63, 3.8) is 0 Å². The van der Waals surface area contributed by atoms with E-state index in [4.69, 9.17) is 0 Å².